The molecule has 0 fully saturated rings. The number of hydrogen-bond acceptors (Lipinski definition) is 4. The first-order valence-electron chi connectivity index (χ1n) is 7.60. The van der Waals surface area contributed by atoms with Crippen LogP contribution in [0.1, 0.15) is 5.56 Å². The number of carbonyl (C=O) groups is 1. The summed E-state index contributed by atoms with van der Waals surface area (Å²) in [5, 5.41) is 2.86. The normalized spacial score (nSPS) is 13.0. The van der Waals surface area contributed by atoms with Gasteiger partial charge in [0.2, 0.25) is 0 Å². The number of hydrogen-bond donors (Lipinski definition) is 1. The molecule has 5 nitrogen and oxygen atoms in total. The molecule has 1 N–H and O–H groups in total. The Hall–Kier alpha value is -2.69. The molecule has 0 aliphatic carbocycles. The monoisotopic (exact) mass is 312 g/mol. The van der Waals surface area contributed by atoms with Crippen LogP contribution < -0.4 is 19.7 Å². The average Bonchev–Trinajstić information content (AvgIpc) is 2.55. The molecule has 1 aliphatic heterocycles. The van der Waals surface area contributed by atoms with Gasteiger partial charge in [-0.2, -0.15) is 0 Å². The second-order valence-electron chi connectivity index (χ2n) is 5.55. The zero-order valence-corrected chi connectivity index (χ0v) is 13.3. The number of nitrogens with one attached hydrogen (secondary N) is 1. The molecule has 3 rings (SSSR count). The third-order valence-electron chi connectivity index (χ3n) is 3.79. The number of carbonyl (C=O) groups excluding carboxylic acids is 1. The number of likely N-dealkylation sites (N-methyl/N-ethyl adjacent to an activating group) is 1. The van der Waals surface area contributed by atoms with Crippen molar-refractivity contribution in [3.63, 3.8) is 0 Å². The molecule has 0 saturated heterocycles. The Bertz CT molecular complexity index is 715. The Labute approximate surface area is 135 Å². The highest BCUT2D eigenvalue weighted by Crippen LogP contribution is 2.33. The van der Waals surface area contributed by atoms with Gasteiger partial charge in [0.15, 0.2) is 6.61 Å². The zero-order chi connectivity index (χ0) is 16.2. The molecule has 0 aromatic heterocycles. The lowest BCUT2D eigenvalue weighted by Gasteiger charge is -2.28. The van der Waals surface area contributed by atoms with Gasteiger partial charge >= 0.3 is 0 Å². The van der Waals surface area contributed by atoms with Crippen LogP contribution in [0, 0.1) is 6.92 Å². The molecule has 23 heavy (non-hydrogen) atoms. The van der Waals surface area contributed by atoms with Crippen LogP contribution in [0.2, 0.25) is 0 Å². The summed E-state index contributed by atoms with van der Waals surface area (Å²) in [4.78, 5) is 14.2. The number of fused-ring (bicyclic) bond motifs is 1. The molecule has 1 aliphatic rings. The van der Waals surface area contributed by atoms with Crippen LogP contribution in [0.5, 0.6) is 11.5 Å². The second-order valence-corrected chi connectivity index (χ2v) is 5.55. The van der Waals surface area contributed by atoms with Gasteiger partial charge < -0.3 is 19.7 Å². The molecule has 0 spiro atoms. The third kappa shape index (κ3) is 3.56. The van der Waals surface area contributed by atoms with Crippen molar-refractivity contribution in [3.05, 3.63) is 48.0 Å². The smallest absolute Gasteiger partial charge is 0.262 e. The van der Waals surface area contributed by atoms with Crippen LogP contribution >= 0.6 is 0 Å². The van der Waals surface area contributed by atoms with Crippen molar-refractivity contribution in [2.24, 2.45) is 0 Å². The predicted molar refractivity (Wildman–Crippen MR) is 90.5 cm³/mol. The van der Waals surface area contributed by atoms with Gasteiger partial charge in [-0.25, -0.2) is 0 Å². The summed E-state index contributed by atoms with van der Waals surface area (Å²) in [6, 6.07) is 13.3. The first-order chi connectivity index (χ1) is 11.1. The summed E-state index contributed by atoms with van der Waals surface area (Å²) in [5.41, 5.74) is 2.72. The highest BCUT2D eigenvalue weighted by Gasteiger charge is 2.15. The summed E-state index contributed by atoms with van der Waals surface area (Å²) in [6.45, 7) is 3.45. The maximum atomic E-state index is 12.1. The molecule has 0 bridgehead atoms. The molecular weight excluding hydrogens is 292 g/mol. The first-order valence-corrected chi connectivity index (χ1v) is 7.60. The minimum absolute atomic E-state index is 0.0196. The maximum Gasteiger partial charge on any atom is 0.262 e. The fourth-order valence-corrected chi connectivity index (χ4v) is 2.49. The number of para-hydroxylation sites is 1. The summed E-state index contributed by atoms with van der Waals surface area (Å²) in [7, 11) is 2.01. The number of amides is 1. The Balaban J connectivity index is 1.62. The minimum atomic E-state index is -0.187. The van der Waals surface area contributed by atoms with E-state index in [0.717, 1.165) is 35.0 Å². The van der Waals surface area contributed by atoms with Gasteiger partial charge in [-0.05, 0) is 36.8 Å². The van der Waals surface area contributed by atoms with Crippen molar-refractivity contribution < 1.29 is 14.3 Å². The van der Waals surface area contributed by atoms with E-state index in [2.05, 4.69) is 10.2 Å². The third-order valence-corrected chi connectivity index (χ3v) is 3.79. The fourth-order valence-electron chi connectivity index (χ4n) is 2.49. The summed E-state index contributed by atoms with van der Waals surface area (Å²) in [5.74, 6) is 1.38. The molecule has 1 amide bonds. The molecule has 2 aromatic rings. The van der Waals surface area contributed by atoms with Crippen molar-refractivity contribution >= 4 is 17.3 Å². The zero-order valence-electron chi connectivity index (χ0n) is 13.3. The van der Waals surface area contributed by atoms with Gasteiger partial charge in [0.1, 0.15) is 18.1 Å². The van der Waals surface area contributed by atoms with Crippen LogP contribution in [-0.4, -0.2) is 32.7 Å². The van der Waals surface area contributed by atoms with E-state index in [-0.39, 0.29) is 12.5 Å². The molecular formula is C18H20N2O3. The highest BCUT2D eigenvalue weighted by molar-refractivity contribution is 5.92. The SMILES string of the molecule is Cc1ccccc1OCC(=O)Nc1ccc2c(c1)N(C)CCO2. The molecule has 0 saturated carbocycles. The quantitative estimate of drug-likeness (QED) is 0.943. The van der Waals surface area contributed by atoms with Gasteiger partial charge in [0.05, 0.1) is 12.2 Å². The largest absolute Gasteiger partial charge is 0.490 e. The number of anilines is 2. The Morgan fingerprint density at radius 3 is 2.96 bits per heavy atom. The number of ether oxygens (including phenoxy) is 2. The maximum absolute atomic E-state index is 12.1. The summed E-state index contributed by atoms with van der Waals surface area (Å²) >= 11 is 0. The number of benzene rings is 2. The van der Waals surface area contributed by atoms with Crippen LogP contribution in [0.3, 0.4) is 0 Å². The van der Waals surface area contributed by atoms with Gasteiger partial charge in [-0.3, -0.25) is 4.79 Å². The van der Waals surface area contributed by atoms with E-state index >= 15 is 0 Å². The van der Waals surface area contributed by atoms with Gasteiger partial charge in [-0.1, -0.05) is 18.2 Å². The van der Waals surface area contributed by atoms with E-state index in [9.17, 15) is 4.79 Å². The van der Waals surface area contributed by atoms with Gasteiger partial charge in [0, 0.05) is 12.7 Å². The predicted octanol–water partition coefficient (Wildman–Crippen LogP) is 2.84. The van der Waals surface area contributed by atoms with E-state index in [1.165, 1.54) is 0 Å². The van der Waals surface area contributed by atoms with Crippen molar-refractivity contribution in [1.29, 1.82) is 0 Å². The topological polar surface area (TPSA) is 50.8 Å². The molecule has 0 unspecified atom stereocenters. The van der Waals surface area contributed by atoms with Crippen LogP contribution in [-0.2, 0) is 4.79 Å². The minimum Gasteiger partial charge on any atom is -0.490 e. The number of aryl methyl sites for hydroxylation is 1. The molecule has 0 radical (unpaired) electrons. The van der Waals surface area contributed by atoms with Crippen LogP contribution in [0.25, 0.3) is 0 Å². The lowest BCUT2D eigenvalue weighted by Crippen LogP contribution is -2.29. The lowest BCUT2D eigenvalue weighted by atomic mass is 10.2. The summed E-state index contributed by atoms with van der Waals surface area (Å²) < 4.78 is 11.2. The Kier molecular flexibility index (Phi) is 4.37. The molecule has 2 aromatic carbocycles. The van der Waals surface area contributed by atoms with Crippen molar-refractivity contribution in [1.82, 2.24) is 0 Å². The van der Waals surface area contributed by atoms with Crippen LogP contribution in [0.4, 0.5) is 11.4 Å². The van der Waals surface area contributed by atoms with Gasteiger partial charge in [-0.15, -0.1) is 0 Å². The van der Waals surface area contributed by atoms with E-state index in [4.69, 9.17) is 9.47 Å². The van der Waals surface area contributed by atoms with E-state index in [0.29, 0.717) is 6.61 Å². The van der Waals surface area contributed by atoms with Crippen LogP contribution in [0.15, 0.2) is 42.5 Å². The van der Waals surface area contributed by atoms with Crippen molar-refractivity contribution in [2.45, 2.75) is 6.92 Å². The fraction of sp³-hybridized carbons (Fsp3) is 0.278. The molecule has 0 atom stereocenters. The molecule has 5 heteroatoms. The lowest BCUT2D eigenvalue weighted by molar-refractivity contribution is -0.118. The average molecular weight is 312 g/mol. The Morgan fingerprint density at radius 2 is 2.13 bits per heavy atom. The van der Waals surface area contributed by atoms with E-state index in [1.807, 2.05) is 56.4 Å². The van der Waals surface area contributed by atoms with Crippen molar-refractivity contribution in [3.8, 4) is 11.5 Å². The standard InChI is InChI=1S/C18H20N2O3/c1-13-5-3-4-6-16(13)23-12-18(21)19-14-7-8-17-15(11-14)20(2)9-10-22-17/h3-8,11H,9-10,12H2,1-2H3,(H,19,21). The highest BCUT2D eigenvalue weighted by atomic mass is 16.5. The van der Waals surface area contributed by atoms with Crippen molar-refractivity contribution in [2.75, 3.05) is 37.0 Å². The summed E-state index contributed by atoms with van der Waals surface area (Å²) in [6.07, 6.45) is 0. The molecule has 120 valence electrons. The Morgan fingerprint density at radius 1 is 1.30 bits per heavy atom. The number of rotatable bonds is 4. The van der Waals surface area contributed by atoms with Gasteiger partial charge in [0.25, 0.3) is 5.91 Å². The van der Waals surface area contributed by atoms with E-state index in [1.54, 1.807) is 0 Å². The second kappa shape index (κ2) is 6.60. The molecule has 1 heterocycles. The van der Waals surface area contributed by atoms with E-state index < -0.39 is 0 Å². The first kappa shape index (κ1) is 15.2. The number of nitrogens with zero attached hydrogens (tertiary/aromatic N) is 1.